The second-order valence-electron chi connectivity index (χ2n) is 3.81. The fourth-order valence-electron chi connectivity index (χ4n) is 1.51. The van der Waals surface area contributed by atoms with Crippen molar-refractivity contribution in [1.82, 2.24) is 9.55 Å². The molecular weight excluding hydrogens is 232 g/mol. The molecule has 0 radical (unpaired) electrons. The van der Waals surface area contributed by atoms with Crippen LogP contribution in [0.4, 0.5) is 0 Å². The van der Waals surface area contributed by atoms with Gasteiger partial charge in [-0.2, -0.15) is 0 Å². The summed E-state index contributed by atoms with van der Waals surface area (Å²) in [5, 5.41) is 0.736. The molecule has 1 heterocycles. The maximum atomic E-state index is 12.1. The highest BCUT2D eigenvalue weighted by Crippen LogP contribution is 2.23. The number of carbonyl (C=O) groups excluding carboxylic acids is 1. The minimum atomic E-state index is -0.126. The van der Waals surface area contributed by atoms with E-state index in [2.05, 4.69) is 4.98 Å². The quantitative estimate of drug-likeness (QED) is 0.614. The molecule has 0 saturated heterocycles. The van der Waals surface area contributed by atoms with Crippen molar-refractivity contribution < 1.29 is 4.79 Å². The first kappa shape index (κ1) is 11.9. The highest BCUT2D eigenvalue weighted by molar-refractivity contribution is 8.00. The highest BCUT2D eigenvalue weighted by atomic mass is 32.2. The van der Waals surface area contributed by atoms with E-state index in [1.807, 2.05) is 55.1 Å². The molecule has 0 fully saturated rings. The first-order chi connectivity index (χ1) is 8.18. The van der Waals surface area contributed by atoms with Crippen LogP contribution in [0.15, 0.2) is 47.9 Å². The summed E-state index contributed by atoms with van der Waals surface area (Å²) in [5.41, 5.74) is 0.752. The lowest BCUT2D eigenvalue weighted by Crippen LogP contribution is -2.14. The van der Waals surface area contributed by atoms with Gasteiger partial charge in [-0.25, -0.2) is 4.98 Å². The number of hydrogen-bond donors (Lipinski definition) is 0. The van der Waals surface area contributed by atoms with Gasteiger partial charge >= 0.3 is 0 Å². The standard InChI is InChI=1S/C13H14N2OS/c1-10(17-13-14-8-9-15(13)2)12(16)11-6-4-3-5-7-11/h3-10H,1-2H3. The molecule has 1 atom stereocenters. The zero-order valence-corrected chi connectivity index (χ0v) is 10.6. The number of nitrogens with zero attached hydrogens (tertiary/aromatic N) is 2. The molecule has 0 aliphatic rings. The monoisotopic (exact) mass is 246 g/mol. The molecule has 17 heavy (non-hydrogen) atoms. The van der Waals surface area contributed by atoms with Crippen molar-refractivity contribution in [2.45, 2.75) is 17.3 Å². The summed E-state index contributed by atoms with van der Waals surface area (Å²) < 4.78 is 1.92. The number of aromatic nitrogens is 2. The predicted molar refractivity (Wildman–Crippen MR) is 69.3 cm³/mol. The third-order valence-corrected chi connectivity index (χ3v) is 3.66. The van der Waals surface area contributed by atoms with E-state index >= 15 is 0 Å². The zero-order chi connectivity index (χ0) is 12.3. The molecule has 0 N–H and O–H groups in total. The van der Waals surface area contributed by atoms with Crippen LogP contribution in [0.25, 0.3) is 0 Å². The molecule has 0 bridgehead atoms. The molecule has 0 saturated carbocycles. The molecular formula is C13H14N2OS. The summed E-state index contributed by atoms with van der Waals surface area (Å²) in [6, 6.07) is 9.36. The Labute approximate surface area is 105 Å². The van der Waals surface area contributed by atoms with Gasteiger partial charge in [0.1, 0.15) is 0 Å². The summed E-state index contributed by atoms with van der Waals surface area (Å²) in [6.07, 6.45) is 3.62. The van der Waals surface area contributed by atoms with E-state index in [1.54, 1.807) is 6.20 Å². The number of imidazole rings is 1. The molecule has 88 valence electrons. The van der Waals surface area contributed by atoms with Crippen LogP contribution in [0, 0.1) is 0 Å². The van der Waals surface area contributed by atoms with E-state index in [0.717, 1.165) is 10.7 Å². The molecule has 2 aromatic rings. The fraction of sp³-hybridized carbons (Fsp3) is 0.231. The summed E-state index contributed by atoms with van der Waals surface area (Å²) in [7, 11) is 1.93. The molecule has 1 aromatic carbocycles. The van der Waals surface area contributed by atoms with Crippen molar-refractivity contribution in [2.75, 3.05) is 0 Å². The summed E-state index contributed by atoms with van der Waals surface area (Å²) in [4.78, 5) is 16.3. The SMILES string of the molecule is CC(Sc1nccn1C)C(=O)c1ccccc1. The minimum absolute atomic E-state index is 0.126. The van der Waals surface area contributed by atoms with Gasteiger partial charge in [0.05, 0.1) is 5.25 Å². The van der Waals surface area contributed by atoms with Crippen LogP contribution in [-0.4, -0.2) is 20.6 Å². The molecule has 3 nitrogen and oxygen atoms in total. The van der Waals surface area contributed by atoms with Gasteiger partial charge in [-0.15, -0.1) is 0 Å². The smallest absolute Gasteiger partial charge is 0.175 e. The van der Waals surface area contributed by atoms with E-state index < -0.39 is 0 Å². The van der Waals surface area contributed by atoms with Crippen LogP contribution in [0.1, 0.15) is 17.3 Å². The van der Waals surface area contributed by atoms with E-state index in [4.69, 9.17) is 0 Å². The lowest BCUT2D eigenvalue weighted by atomic mass is 10.1. The largest absolute Gasteiger partial charge is 0.329 e. The number of benzene rings is 1. The van der Waals surface area contributed by atoms with E-state index in [-0.39, 0.29) is 11.0 Å². The molecule has 1 aromatic heterocycles. The molecule has 0 spiro atoms. The highest BCUT2D eigenvalue weighted by Gasteiger charge is 2.17. The minimum Gasteiger partial charge on any atom is -0.329 e. The van der Waals surface area contributed by atoms with Gasteiger partial charge in [-0.3, -0.25) is 4.79 Å². The van der Waals surface area contributed by atoms with Crippen LogP contribution in [0.2, 0.25) is 0 Å². The molecule has 0 amide bonds. The Hall–Kier alpha value is -1.55. The maximum absolute atomic E-state index is 12.1. The summed E-state index contributed by atoms with van der Waals surface area (Å²) in [6.45, 7) is 1.91. The number of Topliss-reactive ketones (excluding diaryl/α,β-unsaturated/α-hetero) is 1. The van der Waals surface area contributed by atoms with Gasteiger partial charge in [-0.05, 0) is 6.92 Å². The second kappa shape index (κ2) is 5.19. The average Bonchev–Trinajstić information content (AvgIpc) is 2.75. The normalized spacial score (nSPS) is 12.4. The fourth-order valence-corrected chi connectivity index (χ4v) is 2.42. The van der Waals surface area contributed by atoms with Gasteiger partial charge in [0, 0.05) is 25.0 Å². The van der Waals surface area contributed by atoms with E-state index in [1.165, 1.54) is 11.8 Å². The van der Waals surface area contributed by atoms with Crippen molar-refractivity contribution in [1.29, 1.82) is 0 Å². The van der Waals surface area contributed by atoms with Crippen LogP contribution in [0.5, 0.6) is 0 Å². The Morgan fingerprint density at radius 2 is 2.06 bits per heavy atom. The van der Waals surface area contributed by atoms with Crippen molar-refractivity contribution in [2.24, 2.45) is 7.05 Å². The molecule has 1 unspecified atom stereocenters. The maximum Gasteiger partial charge on any atom is 0.175 e. The number of hydrogen-bond acceptors (Lipinski definition) is 3. The topological polar surface area (TPSA) is 34.9 Å². The van der Waals surface area contributed by atoms with Crippen LogP contribution < -0.4 is 0 Å². The Morgan fingerprint density at radius 3 is 2.65 bits per heavy atom. The van der Waals surface area contributed by atoms with E-state index in [9.17, 15) is 4.79 Å². The van der Waals surface area contributed by atoms with Gasteiger partial charge in [0.2, 0.25) is 0 Å². The molecule has 0 aliphatic carbocycles. The lowest BCUT2D eigenvalue weighted by molar-refractivity contribution is 0.0994. The molecule has 0 aliphatic heterocycles. The van der Waals surface area contributed by atoms with Crippen molar-refractivity contribution in [3.05, 3.63) is 48.3 Å². The third kappa shape index (κ3) is 2.77. The first-order valence-electron chi connectivity index (χ1n) is 5.41. The first-order valence-corrected chi connectivity index (χ1v) is 6.29. The van der Waals surface area contributed by atoms with Gasteiger partial charge < -0.3 is 4.57 Å². The Balaban J connectivity index is 2.09. The van der Waals surface area contributed by atoms with Gasteiger partial charge in [0.15, 0.2) is 10.9 Å². The molecule has 4 heteroatoms. The lowest BCUT2D eigenvalue weighted by Gasteiger charge is -2.09. The molecule has 2 rings (SSSR count). The zero-order valence-electron chi connectivity index (χ0n) is 9.83. The Morgan fingerprint density at radius 1 is 1.35 bits per heavy atom. The number of aryl methyl sites for hydroxylation is 1. The predicted octanol–water partition coefficient (Wildman–Crippen LogP) is 2.78. The van der Waals surface area contributed by atoms with Crippen molar-refractivity contribution in [3.8, 4) is 0 Å². The van der Waals surface area contributed by atoms with Gasteiger partial charge in [-0.1, -0.05) is 42.1 Å². The summed E-state index contributed by atoms with van der Waals surface area (Å²) >= 11 is 1.48. The summed E-state index contributed by atoms with van der Waals surface area (Å²) in [5.74, 6) is 0.138. The van der Waals surface area contributed by atoms with E-state index in [0.29, 0.717) is 0 Å². The van der Waals surface area contributed by atoms with Crippen LogP contribution in [-0.2, 0) is 7.05 Å². The number of rotatable bonds is 4. The average molecular weight is 246 g/mol. The number of ketones is 1. The van der Waals surface area contributed by atoms with Gasteiger partial charge in [0.25, 0.3) is 0 Å². The third-order valence-electron chi connectivity index (χ3n) is 2.49. The van der Waals surface area contributed by atoms with Crippen LogP contribution in [0.3, 0.4) is 0 Å². The van der Waals surface area contributed by atoms with Crippen molar-refractivity contribution >= 4 is 17.5 Å². The Kier molecular flexibility index (Phi) is 3.64. The van der Waals surface area contributed by atoms with Crippen molar-refractivity contribution in [3.63, 3.8) is 0 Å². The number of carbonyl (C=O) groups is 1. The Bertz CT molecular complexity index is 507. The number of thioether (sulfide) groups is 1. The van der Waals surface area contributed by atoms with Crippen LogP contribution >= 0.6 is 11.8 Å². The second-order valence-corrected chi connectivity index (χ2v) is 5.12.